The van der Waals surface area contributed by atoms with Gasteiger partial charge in [-0.25, -0.2) is 4.58 Å². The summed E-state index contributed by atoms with van der Waals surface area (Å²) in [7, 11) is 7.35. The molecule has 0 radical (unpaired) electrons. The van der Waals surface area contributed by atoms with Gasteiger partial charge in [0.25, 0.3) is 0 Å². The molecule has 0 spiro atoms. The summed E-state index contributed by atoms with van der Waals surface area (Å²) < 4.78 is 1.82. The number of benzene rings is 1. The molecule has 2 atom stereocenters. The topological polar surface area (TPSA) is 86.8 Å². The first kappa shape index (κ1) is 17.9. The summed E-state index contributed by atoms with van der Waals surface area (Å²) in [5, 5.41) is 33.2. The zero-order valence-electron chi connectivity index (χ0n) is 15.2. The van der Waals surface area contributed by atoms with E-state index in [1.165, 1.54) is 12.1 Å². The Bertz CT molecular complexity index is 902. The number of aliphatic hydroxyl groups excluding tert-OH is 1. The van der Waals surface area contributed by atoms with Gasteiger partial charge in [0.15, 0.2) is 5.78 Å². The van der Waals surface area contributed by atoms with Crippen LogP contribution in [0.1, 0.15) is 11.5 Å². The van der Waals surface area contributed by atoms with E-state index < -0.39 is 12.0 Å². The summed E-state index contributed by atoms with van der Waals surface area (Å²) in [5.74, 6) is -1.45. The van der Waals surface area contributed by atoms with Crippen LogP contribution in [0, 0.1) is 0 Å². The van der Waals surface area contributed by atoms with Crippen LogP contribution in [-0.2, 0) is 4.79 Å². The molecule has 0 aliphatic heterocycles. The Kier molecular flexibility index (Phi) is 4.46. The van der Waals surface area contributed by atoms with Crippen molar-refractivity contribution in [2.75, 3.05) is 33.1 Å². The summed E-state index contributed by atoms with van der Waals surface area (Å²) in [6.45, 7) is 0. The van der Waals surface area contributed by atoms with Crippen LogP contribution in [0.2, 0.25) is 0 Å². The van der Waals surface area contributed by atoms with Gasteiger partial charge in [-0.3, -0.25) is 4.79 Å². The fraction of sp³-hybridized carbons (Fsp3) is 0.300. The first-order valence-electron chi connectivity index (χ1n) is 8.30. The SMILES string of the molecule is CN(C)c1ccc(C2C(=O)/C(=C3\C=CC(=[N+](C)C)C=C3O)C2[O-])c(O)c1. The van der Waals surface area contributed by atoms with Gasteiger partial charge in [-0.1, -0.05) is 12.2 Å². The van der Waals surface area contributed by atoms with Crippen molar-refractivity contribution in [2.24, 2.45) is 0 Å². The third-order valence-electron chi connectivity index (χ3n) is 4.79. The summed E-state index contributed by atoms with van der Waals surface area (Å²) in [5.41, 5.74) is 2.21. The smallest absolute Gasteiger partial charge is 0.203 e. The predicted molar refractivity (Wildman–Crippen MR) is 98.0 cm³/mol. The molecule has 2 unspecified atom stereocenters. The molecule has 2 aliphatic rings. The van der Waals surface area contributed by atoms with Gasteiger partial charge in [0.05, 0.1) is 6.08 Å². The number of hydrogen-bond donors (Lipinski definition) is 2. The average Bonchev–Trinajstić information content (AvgIpc) is 2.58. The lowest BCUT2D eigenvalue weighted by Gasteiger charge is -2.44. The number of anilines is 1. The van der Waals surface area contributed by atoms with Gasteiger partial charge in [0.2, 0.25) is 5.71 Å². The molecule has 0 heterocycles. The fourth-order valence-electron chi connectivity index (χ4n) is 3.21. The number of ketones is 1. The van der Waals surface area contributed by atoms with Crippen molar-refractivity contribution >= 4 is 17.2 Å². The molecule has 136 valence electrons. The molecule has 2 N–H and O–H groups in total. The Balaban J connectivity index is 1.94. The molecule has 6 heteroatoms. The highest BCUT2D eigenvalue weighted by Gasteiger charge is 2.42. The van der Waals surface area contributed by atoms with Crippen molar-refractivity contribution in [2.45, 2.75) is 12.0 Å². The van der Waals surface area contributed by atoms with Gasteiger partial charge in [-0.15, -0.1) is 0 Å². The molecule has 2 aliphatic carbocycles. The van der Waals surface area contributed by atoms with E-state index in [1.807, 2.05) is 37.7 Å². The van der Waals surface area contributed by atoms with Gasteiger partial charge in [-0.05, 0) is 17.7 Å². The quantitative estimate of drug-likeness (QED) is 0.608. The van der Waals surface area contributed by atoms with Crippen molar-refractivity contribution in [3.63, 3.8) is 0 Å². The molecular formula is C20H22N2O4. The highest BCUT2D eigenvalue weighted by atomic mass is 16.3. The Hall–Kier alpha value is -2.86. The number of nitrogens with zero attached hydrogens (tertiary/aromatic N) is 2. The van der Waals surface area contributed by atoms with Gasteiger partial charge >= 0.3 is 0 Å². The standard InChI is InChI=1S/C20H21N2O4/c1-21(2)11-5-7-13(15(23)9-11)17-19(25)18(20(17)26)14-8-6-12(22(3)4)10-16(14)24/h5-10,17,19,23H,1-4H3/q-1/p+1/b18-14+. The molecule has 3 rings (SSSR count). The number of rotatable bonds is 2. The number of phenols is 1. The van der Waals surface area contributed by atoms with E-state index in [-0.39, 0.29) is 28.4 Å². The van der Waals surface area contributed by atoms with Crippen LogP contribution in [0.25, 0.3) is 0 Å². The summed E-state index contributed by atoms with van der Waals surface area (Å²) in [6, 6.07) is 4.91. The monoisotopic (exact) mass is 354 g/mol. The van der Waals surface area contributed by atoms with E-state index in [4.69, 9.17) is 0 Å². The second-order valence-electron chi connectivity index (χ2n) is 6.91. The third kappa shape index (κ3) is 2.82. The number of carbonyl (C=O) groups excluding carboxylic acids is 1. The zero-order valence-corrected chi connectivity index (χ0v) is 15.2. The minimum Gasteiger partial charge on any atom is -0.848 e. The number of allylic oxidation sites excluding steroid dienone is 3. The largest absolute Gasteiger partial charge is 0.848 e. The lowest BCUT2D eigenvalue weighted by molar-refractivity contribution is -0.462. The number of aliphatic hydroxyl groups is 1. The predicted octanol–water partition coefficient (Wildman–Crippen LogP) is 0.875. The van der Waals surface area contributed by atoms with Crippen LogP contribution in [0.4, 0.5) is 5.69 Å². The Labute approximate surface area is 152 Å². The third-order valence-corrected chi connectivity index (χ3v) is 4.79. The Morgan fingerprint density at radius 2 is 1.85 bits per heavy atom. The molecule has 0 bridgehead atoms. The second-order valence-corrected chi connectivity index (χ2v) is 6.91. The summed E-state index contributed by atoms with van der Waals surface area (Å²) in [4.78, 5) is 14.5. The number of phenolic OH excluding ortho intramolecular Hbond substituents is 1. The van der Waals surface area contributed by atoms with E-state index in [0.29, 0.717) is 5.56 Å². The minimum absolute atomic E-state index is 0.0638. The van der Waals surface area contributed by atoms with Crippen molar-refractivity contribution in [1.82, 2.24) is 0 Å². The van der Waals surface area contributed by atoms with Crippen LogP contribution in [0.3, 0.4) is 0 Å². The van der Waals surface area contributed by atoms with E-state index in [2.05, 4.69) is 0 Å². The van der Waals surface area contributed by atoms with E-state index >= 15 is 0 Å². The highest BCUT2D eigenvalue weighted by Crippen LogP contribution is 2.43. The maximum atomic E-state index is 12.7. The molecular weight excluding hydrogens is 332 g/mol. The Morgan fingerprint density at radius 3 is 2.35 bits per heavy atom. The molecule has 1 saturated carbocycles. The molecule has 0 aromatic heterocycles. The molecule has 26 heavy (non-hydrogen) atoms. The van der Waals surface area contributed by atoms with Gasteiger partial charge in [-0.2, -0.15) is 0 Å². The van der Waals surface area contributed by atoms with E-state index in [0.717, 1.165) is 11.4 Å². The van der Waals surface area contributed by atoms with Gasteiger partial charge in [0, 0.05) is 49.0 Å². The Morgan fingerprint density at radius 1 is 1.15 bits per heavy atom. The fourth-order valence-corrected chi connectivity index (χ4v) is 3.21. The summed E-state index contributed by atoms with van der Waals surface area (Å²) >= 11 is 0. The normalized spacial score (nSPS) is 25.0. The van der Waals surface area contributed by atoms with E-state index in [9.17, 15) is 20.1 Å². The van der Waals surface area contributed by atoms with Crippen molar-refractivity contribution in [1.29, 1.82) is 0 Å². The van der Waals surface area contributed by atoms with Crippen LogP contribution < -0.4 is 10.0 Å². The maximum Gasteiger partial charge on any atom is 0.203 e. The first-order valence-corrected chi connectivity index (χ1v) is 8.30. The molecule has 0 amide bonds. The number of carbonyl (C=O) groups is 1. The van der Waals surface area contributed by atoms with Crippen molar-refractivity contribution in [3.8, 4) is 5.75 Å². The molecule has 1 aromatic carbocycles. The van der Waals surface area contributed by atoms with Crippen molar-refractivity contribution < 1.29 is 24.7 Å². The summed E-state index contributed by atoms with van der Waals surface area (Å²) in [6.07, 6.45) is 3.54. The number of aromatic hydroxyl groups is 1. The number of Topliss-reactive ketones (excluding diaryl/α,β-unsaturated/α-hetero) is 1. The lowest BCUT2D eigenvalue weighted by Crippen LogP contribution is -2.52. The van der Waals surface area contributed by atoms with Gasteiger partial charge in [0.1, 0.15) is 25.6 Å². The zero-order chi connectivity index (χ0) is 19.2. The van der Waals surface area contributed by atoms with Crippen LogP contribution in [0.5, 0.6) is 5.75 Å². The second kappa shape index (κ2) is 6.46. The first-order chi connectivity index (χ1) is 12.2. The van der Waals surface area contributed by atoms with Crippen LogP contribution in [0.15, 0.2) is 53.3 Å². The van der Waals surface area contributed by atoms with Crippen LogP contribution in [-0.4, -0.2) is 60.6 Å². The number of hydrogen-bond acceptors (Lipinski definition) is 5. The maximum absolute atomic E-state index is 12.7. The minimum atomic E-state index is -1.32. The van der Waals surface area contributed by atoms with Gasteiger partial charge < -0.3 is 20.2 Å². The molecule has 0 saturated heterocycles. The molecule has 6 nitrogen and oxygen atoms in total. The molecule has 1 fully saturated rings. The van der Waals surface area contributed by atoms with Crippen LogP contribution >= 0.6 is 0 Å². The highest BCUT2D eigenvalue weighted by molar-refractivity contribution is 6.12. The van der Waals surface area contributed by atoms with Crippen molar-refractivity contribution in [3.05, 3.63) is 58.9 Å². The lowest BCUT2D eigenvalue weighted by atomic mass is 9.69. The molecule has 1 aromatic rings. The average molecular weight is 354 g/mol. The van der Waals surface area contributed by atoms with E-state index in [1.54, 1.807) is 24.3 Å².